The standard InChI is InChI=1S/C11H12OSi/c1-2-6-10(7-3-1)11-8-4-5-9-13-12-11/h1-7,11H,8-9H2. The van der Waals surface area contributed by atoms with Gasteiger partial charge in [0.2, 0.25) is 9.76 Å². The molecule has 0 aliphatic carbocycles. The highest BCUT2D eigenvalue weighted by Gasteiger charge is 2.11. The molecule has 0 fully saturated rings. The molecule has 0 aromatic heterocycles. The average Bonchev–Trinajstić information content (AvgIpc) is 2.47. The quantitative estimate of drug-likeness (QED) is 0.486. The van der Waals surface area contributed by atoms with Gasteiger partial charge in [-0.25, -0.2) is 0 Å². The molecule has 0 saturated heterocycles. The molecule has 66 valence electrons. The SMILES string of the molecule is C1=CCC(c2ccccc2)O[Si]C1. The molecule has 2 rings (SSSR count). The Hall–Kier alpha value is -0.863. The van der Waals surface area contributed by atoms with Crippen molar-refractivity contribution >= 4 is 9.76 Å². The van der Waals surface area contributed by atoms with Crippen molar-refractivity contribution in [2.24, 2.45) is 0 Å². The van der Waals surface area contributed by atoms with E-state index in [0.29, 0.717) is 9.76 Å². The molecule has 1 nitrogen and oxygen atoms in total. The number of hydrogen-bond acceptors (Lipinski definition) is 1. The third-order valence-corrected chi connectivity index (χ3v) is 2.97. The van der Waals surface area contributed by atoms with Crippen LogP contribution in [0.25, 0.3) is 0 Å². The molecule has 1 aromatic rings. The molecule has 1 aliphatic rings. The molecule has 1 atom stereocenters. The summed E-state index contributed by atoms with van der Waals surface area (Å²) in [5.41, 5.74) is 1.29. The Bertz CT molecular complexity index is 281. The van der Waals surface area contributed by atoms with Crippen LogP contribution in [0.1, 0.15) is 18.1 Å². The highest BCUT2D eigenvalue weighted by Crippen LogP contribution is 2.22. The summed E-state index contributed by atoms with van der Waals surface area (Å²) < 4.78 is 5.75. The van der Waals surface area contributed by atoms with Gasteiger partial charge in [-0.3, -0.25) is 0 Å². The van der Waals surface area contributed by atoms with Crippen LogP contribution < -0.4 is 0 Å². The van der Waals surface area contributed by atoms with Gasteiger partial charge >= 0.3 is 0 Å². The monoisotopic (exact) mass is 188 g/mol. The largest absolute Gasteiger partial charge is 0.410 e. The van der Waals surface area contributed by atoms with Crippen molar-refractivity contribution in [1.29, 1.82) is 0 Å². The maximum Gasteiger partial charge on any atom is 0.234 e. The van der Waals surface area contributed by atoms with Crippen LogP contribution in [0.2, 0.25) is 6.04 Å². The topological polar surface area (TPSA) is 9.23 Å². The molecule has 13 heavy (non-hydrogen) atoms. The molecule has 1 unspecified atom stereocenters. The summed E-state index contributed by atoms with van der Waals surface area (Å²) in [6, 6.07) is 11.5. The summed E-state index contributed by atoms with van der Waals surface area (Å²) in [5, 5.41) is 0. The van der Waals surface area contributed by atoms with E-state index in [1.54, 1.807) is 0 Å². The Balaban J connectivity index is 2.12. The molecule has 0 N–H and O–H groups in total. The van der Waals surface area contributed by atoms with Gasteiger partial charge in [-0.05, 0) is 18.0 Å². The predicted octanol–water partition coefficient (Wildman–Crippen LogP) is 2.74. The van der Waals surface area contributed by atoms with Crippen molar-refractivity contribution in [3.8, 4) is 0 Å². The first-order valence-corrected chi connectivity index (χ1v) is 5.67. The van der Waals surface area contributed by atoms with E-state index in [0.717, 1.165) is 12.5 Å². The van der Waals surface area contributed by atoms with Gasteiger partial charge in [-0.15, -0.1) is 0 Å². The third-order valence-electron chi connectivity index (χ3n) is 2.11. The number of hydrogen-bond donors (Lipinski definition) is 0. The molecule has 1 aromatic carbocycles. The second-order valence-electron chi connectivity index (χ2n) is 3.07. The van der Waals surface area contributed by atoms with Crippen LogP contribution in [-0.2, 0) is 4.43 Å². The first-order chi connectivity index (χ1) is 6.47. The second kappa shape index (κ2) is 4.39. The van der Waals surface area contributed by atoms with Gasteiger partial charge in [-0.1, -0.05) is 42.5 Å². The molecule has 0 amide bonds. The summed E-state index contributed by atoms with van der Waals surface area (Å²) in [4.78, 5) is 0. The van der Waals surface area contributed by atoms with Crippen LogP contribution in [0.15, 0.2) is 42.5 Å². The van der Waals surface area contributed by atoms with Crippen LogP contribution >= 0.6 is 0 Å². The fourth-order valence-electron chi connectivity index (χ4n) is 1.42. The highest BCUT2D eigenvalue weighted by atomic mass is 28.2. The molecule has 2 heteroatoms. The first-order valence-electron chi connectivity index (χ1n) is 4.55. The number of rotatable bonds is 1. The van der Waals surface area contributed by atoms with Crippen LogP contribution in [0.4, 0.5) is 0 Å². The van der Waals surface area contributed by atoms with Crippen LogP contribution in [0.3, 0.4) is 0 Å². The van der Waals surface area contributed by atoms with Gasteiger partial charge in [0, 0.05) is 0 Å². The van der Waals surface area contributed by atoms with E-state index >= 15 is 0 Å². The summed E-state index contributed by atoms with van der Waals surface area (Å²) in [7, 11) is 0.614. The molecule has 2 radical (unpaired) electrons. The van der Waals surface area contributed by atoms with Gasteiger partial charge in [0.1, 0.15) is 0 Å². The predicted molar refractivity (Wildman–Crippen MR) is 54.6 cm³/mol. The molecule has 1 heterocycles. The van der Waals surface area contributed by atoms with Gasteiger partial charge in [0.25, 0.3) is 0 Å². The lowest BCUT2D eigenvalue weighted by Crippen LogP contribution is -2.04. The van der Waals surface area contributed by atoms with Gasteiger partial charge < -0.3 is 4.43 Å². The van der Waals surface area contributed by atoms with E-state index in [-0.39, 0.29) is 6.10 Å². The molecule has 0 spiro atoms. The zero-order valence-corrected chi connectivity index (χ0v) is 8.44. The van der Waals surface area contributed by atoms with E-state index in [9.17, 15) is 0 Å². The van der Waals surface area contributed by atoms with E-state index in [4.69, 9.17) is 4.43 Å². The van der Waals surface area contributed by atoms with Crippen LogP contribution in [0.5, 0.6) is 0 Å². The minimum Gasteiger partial charge on any atom is -0.410 e. The van der Waals surface area contributed by atoms with Crippen molar-refractivity contribution in [2.45, 2.75) is 18.6 Å². The number of benzene rings is 1. The highest BCUT2D eigenvalue weighted by molar-refractivity contribution is 6.28. The zero-order valence-electron chi connectivity index (χ0n) is 7.44. The Morgan fingerprint density at radius 1 is 1.15 bits per heavy atom. The first kappa shape index (κ1) is 8.72. The minimum atomic E-state index is 0.276. The minimum absolute atomic E-state index is 0.276. The summed E-state index contributed by atoms with van der Waals surface area (Å²) in [6.07, 6.45) is 5.72. The van der Waals surface area contributed by atoms with E-state index in [1.165, 1.54) is 5.56 Å². The fourth-order valence-corrected chi connectivity index (χ4v) is 2.21. The maximum atomic E-state index is 5.75. The lowest BCUT2D eigenvalue weighted by Gasteiger charge is -2.14. The van der Waals surface area contributed by atoms with E-state index in [2.05, 4.69) is 36.4 Å². The lowest BCUT2D eigenvalue weighted by atomic mass is 10.1. The van der Waals surface area contributed by atoms with Crippen LogP contribution in [-0.4, -0.2) is 9.76 Å². The van der Waals surface area contributed by atoms with Crippen molar-refractivity contribution in [3.63, 3.8) is 0 Å². The fraction of sp³-hybridized carbons (Fsp3) is 0.273. The van der Waals surface area contributed by atoms with E-state index < -0.39 is 0 Å². The summed E-state index contributed by atoms with van der Waals surface area (Å²) >= 11 is 0. The summed E-state index contributed by atoms with van der Waals surface area (Å²) in [6.45, 7) is 0. The maximum absolute atomic E-state index is 5.75. The average molecular weight is 188 g/mol. The van der Waals surface area contributed by atoms with Gasteiger partial charge in [0.05, 0.1) is 6.10 Å². The molecule has 0 bridgehead atoms. The third kappa shape index (κ3) is 2.29. The van der Waals surface area contributed by atoms with Crippen molar-refractivity contribution in [2.75, 3.05) is 0 Å². The van der Waals surface area contributed by atoms with Crippen molar-refractivity contribution < 1.29 is 4.43 Å². The Kier molecular flexibility index (Phi) is 2.95. The molecular weight excluding hydrogens is 176 g/mol. The van der Waals surface area contributed by atoms with Crippen LogP contribution in [0, 0.1) is 0 Å². The van der Waals surface area contributed by atoms with E-state index in [1.807, 2.05) is 6.07 Å². The second-order valence-corrected chi connectivity index (χ2v) is 4.01. The Labute approximate surface area is 81.4 Å². The van der Waals surface area contributed by atoms with Gasteiger partial charge in [-0.2, -0.15) is 0 Å². The van der Waals surface area contributed by atoms with Crippen molar-refractivity contribution in [3.05, 3.63) is 48.0 Å². The summed E-state index contributed by atoms with van der Waals surface area (Å²) in [5.74, 6) is 0. The zero-order chi connectivity index (χ0) is 8.93. The molecule has 0 saturated carbocycles. The number of allylic oxidation sites excluding steroid dienone is 1. The van der Waals surface area contributed by atoms with Crippen molar-refractivity contribution in [1.82, 2.24) is 0 Å². The van der Waals surface area contributed by atoms with Gasteiger partial charge in [0.15, 0.2) is 0 Å². The Morgan fingerprint density at radius 3 is 2.85 bits per heavy atom. The Morgan fingerprint density at radius 2 is 2.00 bits per heavy atom. The molecule has 1 aliphatic heterocycles. The molecular formula is C11H12OSi. The lowest BCUT2D eigenvalue weighted by molar-refractivity contribution is 0.224. The smallest absolute Gasteiger partial charge is 0.234 e. The normalized spacial score (nSPS) is 22.6.